The van der Waals surface area contributed by atoms with Gasteiger partial charge in [0, 0.05) is 31.5 Å². The Kier molecular flexibility index (Phi) is 6.23. The number of methoxy groups -OCH3 is 2. The summed E-state index contributed by atoms with van der Waals surface area (Å²) in [6.45, 7) is 1.02. The minimum atomic E-state index is -0.282. The summed E-state index contributed by atoms with van der Waals surface area (Å²) in [5.41, 5.74) is 1.41. The van der Waals surface area contributed by atoms with Gasteiger partial charge in [-0.1, -0.05) is 0 Å². The Morgan fingerprint density at radius 1 is 1.18 bits per heavy atom. The molecule has 8 heteroatoms. The van der Waals surface area contributed by atoms with Crippen molar-refractivity contribution in [3.05, 3.63) is 63.2 Å². The predicted octanol–water partition coefficient (Wildman–Crippen LogP) is 3.36. The fourth-order valence-electron chi connectivity index (χ4n) is 2.84. The van der Waals surface area contributed by atoms with E-state index in [9.17, 15) is 9.59 Å². The van der Waals surface area contributed by atoms with Crippen LogP contribution in [0.2, 0.25) is 0 Å². The lowest BCUT2D eigenvalue weighted by Crippen LogP contribution is -2.23. The van der Waals surface area contributed by atoms with E-state index in [1.165, 1.54) is 4.57 Å². The number of ether oxygens (including phenoxy) is 2. The van der Waals surface area contributed by atoms with E-state index in [4.69, 9.17) is 21.7 Å². The Bertz CT molecular complexity index is 1100. The summed E-state index contributed by atoms with van der Waals surface area (Å²) < 4.78 is 12.0. The molecule has 0 fully saturated rings. The molecule has 28 heavy (non-hydrogen) atoms. The smallest absolute Gasteiger partial charge is 0.262 e. The molecule has 2 aromatic carbocycles. The van der Waals surface area contributed by atoms with Crippen LogP contribution in [0.5, 0.6) is 5.75 Å². The number of hydrogen-bond donors (Lipinski definition) is 2. The number of hydrogen-bond acceptors (Lipinski definition) is 5. The Morgan fingerprint density at radius 2 is 1.93 bits per heavy atom. The fourth-order valence-corrected chi connectivity index (χ4v) is 3.13. The molecule has 3 aromatic rings. The molecule has 146 valence electrons. The highest BCUT2D eigenvalue weighted by molar-refractivity contribution is 7.71. The minimum absolute atomic E-state index is 0.183. The van der Waals surface area contributed by atoms with Gasteiger partial charge in [-0.15, -0.1) is 0 Å². The first kappa shape index (κ1) is 19.8. The second kappa shape index (κ2) is 8.81. The second-order valence-electron chi connectivity index (χ2n) is 6.18. The standard InChI is InChI=1S/C20H21N3O4S/c1-26-11-3-10-23-19(25)16-9-4-13(12-17(16)22-20(23)28)18(24)21-14-5-7-15(27-2)8-6-14/h4-9,12H,3,10-11H2,1-2H3,(H,21,24)(H,22,28). The average Bonchev–Trinajstić information content (AvgIpc) is 2.70. The van der Waals surface area contributed by atoms with E-state index in [2.05, 4.69) is 10.3 Å². The van der Waals surface area contributed by atoms with Crippen molar-refractivity contribution < 1.29 is 14.3 Å². The summed E-state index contributed by atoms with van der Waals surface area (Å²) >= 11 is 5.31. The molecule has 1 heterocycles. The zero-order valence-electron chi connectivity index (χ0n) is 15.7. The van der Waals surface area contributed by atoms with Gasteiger partial charge in [0.25, 0.3) is 11.5 Å². The van der Waals surface area contributed by atoms with Gasteiger partial charge in [0.1, 0.15) is 5.75 Å². The molecular formula is C20H21N3O4S. The van der Waals surface area contributed by atoms with Crippen molar-refractivity contribution in [2.24, 2.45) is 0 Å². The fraction of sp³-hybridized carbons (Fsp3) is 0.250. The predicted molar refractivity (Wildman–Crippen MR) is 111 cm³/mol. The van der Waals surface area contributed by atoms with E-state index < -0.39 is 0 Å². The van der Waals surface area contributed by atoms with Crippen molar-refractivity contribution >= 4 is 34.7 Å². The molecular weight excluding hydrogens is 378 g/mol. The van der Waals surface area contributed by atoms with E-state index >= 15 is 0 Å². The maximum absolute atomic E-state index is 12.7. The van der Waals surface area contributed by atoms with Crippen LogP contribution < -0.4 is 15.6 Å². The van der Waals surface area contributed by atoms with Gasteiger partial charge in [0.15, 0.2) is 4.77 Å². The van der Waals surface area contributed by atoms with Crippen molar-refractivity contribution in [3.8, 4) is 5.75 Å². The topological polar surface area (TPSA) is 85.3 Å². The average molecular weight is 399 g/mol. The van der Waals surface area contributed by atoms with Gasteiger partial charge in [0.05, 0.1) is 18.0 Å². The highest BCUT2D eigenvalue weighted by Crippen LogP contribution is 2.17. The number of nitrogens with zero attached hydrogens (tertiary/aromatic N) is 1. The highest BCUT2D eigenvalue weighted by Gasteiger charge is 2.11. The molecule has 0 unspecified atom stereocenters. The van der Waals surface area contributed by atoms with Crippen LogP contribution >= 0.6 is 12.2 Å². The van der Waals surface area contributed by atoms with Crippen LogP contribution in [-0.4, -0.2) is 36.3 Å². The second-order valence-corrected chi connectivity index (χ2v) is 6.56. The van der Waals surface area contributed by atoms with Crippen molar-refractivity contribution in [3.63, 3.8) is 0 Å². The molecule has 0 spiro atoms. The molecule has 0 saturated heterocycles. The molecule has 0 radical (unpaired) electrons. The largest absolute Gasteiger partial charge is 0.497 e. The molecule has 3 rings (SSSR count). The van der Waals surface area contributed by atoms with E-state index in [0.717, 1.165) is 0 Å². The Labute approximate surface area is 166 Å². The first-order valence-electron chi connectivity index (χ1n) is 8.74. The third kappa shape index (κ3) is 4.29. The molecule has 0 aliphatic rings. The van der Waals surface area contributed by atoms with E-state index in [1.807, 2.05) is 0 Å². The van der Waals surface area contributed by atoms with Crippen LogP contribution in [0.15, 0.2) is 47.3 Å². The monoisotopic (exact) mass is 399 g/mol. The molecule has 7 nitrogen and oxygen atoms in total. The van der Waals surface area contributed by atoms with Crippen LogP contribution in [0.1, 0.15) is 16.8 Å². The molecule has 1 amide bonds. The van der Waals surface area contributed by atoms with Gasteiger partial charge in [-0.05, 0) is 61.1 Å². The normalized spacial score (nSPS) is 10.8. The first-order valence-corrected chi connectivity index (χ1v) is 9.15. The number of aromatic nitrogens is 2. The minimum Gasteiger partial charge on any atom is -0.497 e. The maximum atomic E-state index is 12.7. The van der Waals surface area contributed by atoms with Crippen molar-refractivity contribution in [1.29, 1.82) is 0 Å². The van der Waals surface area contributed by atoms with Gasteiger partial charge in [-0.3, -0.25) is 14.2 Å². The van der Waals surface area contributed by atoms with Gasteiger partial charge < -0.3 is 19.8 Å². The molecule has 0 bridgehead atoms. The number of anilines is 1. The van der Waals surface area contributed by atoms with Crippen LogP contribution in [0.3, 0.4) is 0 Å². The van der Waals surface area contributed by atoms with Crippen molar-refractivity contribution in [1.82, 2.24) is 9.55 Å². The molecule has 0 aliphatic heterocycles. The zero-order chi connectivity index (χ0) is 20.1. The van der Waals surface area contributed by atoms with Crippen molar-refractivity contribution in [2.75, 3.05) is 26.1 Å². The molecule has 0 saturated carbocycles. The molecule has 2 N–H and O–H groups in total. The number of carbonyl (C=O) groups is 1. The summed E-state index contributed by atoms with van der Waals surface area (Å²) in [5, 5.41) is 3.30. The quantitative estimate of drug-likeness (QED) is 0.470. The Hall–Kier alpha value is -2.97. The number of carbonyl (C=O) groups excluding carboxylic acids is 1. The summed E-state index contributed by atoms with van der Waals surface area (Å²) in [5.74, 6) is 0.425. The summed E-state index contributed by atoms with van der Waals surface area (Å²) in [4.78, 5) is 28.3. The molecule has 0 atom stereocenters. The number of rotatable bonds is 7. The number of fused-ring (bicyclic) bond motifs is 1. The number of H-pyrrole nitrogens is 1. The molecule has 1 aromatic heterocycles. The van der Waals surface area contributed by atoms with Gasteiger partial charge >= 0.3 is 0 Å². The van der Waals surface area contributed by atoms with Crippen LogP contribution in [0.4, 0.5) is 5.69 Å². The number of amides is 1. The highest BCUT2D eigenvalue weighted by atomic mass is 32.1. The number of nitrogens with one attached hydrogen (secondary N) is 2. The first-order chi connectivity index (χ1) is 13.5. The molecule has 0 aliphatic carbocycles. The van der Waals surface area contributed by atoms with Gasteiger partial charge in [-0.25, -0.2) is 0 Å². The SMILES string of the molecule is COCCCn1c(=S)[nH]c2cc(C(=O)Nc3ccc(OC)cc3)ccc2c1=O. The Morgan fingerprint density at radius 3 is 2.61 bits per heavy atom. The van der Waals surface area contributed by atoms with Crippen molar-refractivity contribution in [2.45, 2.75) is 13.0 Å². The summed E-state index contributed by atoms with van der Waals surface area (Å²) in [6.07, 6.45) is 0.682. The third-order valence-corrected chi connectivity index (χ3v) is 4.64. The Balaban J connectivity index is 1.87. The van der Waals surface area contributed by atoms with E-state index in [1.54, 1.807) is 56.7 Å². The van der Waals surface area contributed by atoms with Crippen LogP contribution in [0.25, 0.3) is 10.9 Å². The van der Waals surface area contributed by atoms with Gasteiger partial charge in [-0.2, -0.15) is 0 Å². The summed E-state index contributed by atoms with van der Waals surface area (Å²) in [7, 11) is 3.19. The number of benzene rings is 2. The number of aromatic amines is 1. The third-order valence-electron chi connectivity index (χ3n) is 4.32. The van der Waals surface area contributed by atoms with Crippen LogP contribution in [0, 0.1) is 4.77 Å². The zero-order valence-corrected chi connectivity index (χ0v) is 16.5. The summed E-state index contributed by atoms with van der Waals surface area (Å²) in [6, 6.07) is 11.9. The van der Waals surface area contributed by atoms with Gasteiger partial charge in [0.2, 0.25) is 0 Å². The van der Waals surface area contributed by atoms with Crippen LogP contribution in [-0.2, 0) is 11.3 Å². The lowest BCUT2D eigenvalue weighted by molar-refractivity contribution is 0.102. The maximum Gasteiger partial charge on any atom is 0.262 e. The van der Waals surface area contributed by atoms with E-state index in [-0.39, 0.29) is 11.5 Å². The lowest BCUT2D eigenvalue weighted by atomic mass is 10.1. The lowest BCUT2D eigenvalue weighted by Gasteiger charge is -2.10. The van der Waals surface area contributed by atoms with E-state index in [0.29, 0.717) is 52.2 Å².